The lowest BCUT2D eigenvalue weighted by atomic mass is 10.1. The third-order valence-corrected chi connectivity index (χ3v) is 2.03. The van der Waals surface area contributed by atoms with E-state index < -0.39 is 17.5 Å². The van der Waals surface area contributed by atoms with Crippen LogP contribution in [-0.4, -0.2) is 21.2 Å². The quantitative estimate of drug-likeness (QED) is 0.747. The summed E-state index contributed by atoms with van der Waals surface area (Å²) < 4.78 is 12.8. The molecule has 0 aliphatic rings. The second-order valence-corrected chi connectivity index (χ2v) is 2.99. The van der Waals surface area contributed by atoms with E-state index >= 15 is 0 Å². The maximum atomic E-state index is 12.8. The summed E-state index contributed by atoms with van der Waals surface area (Å²) in [5.41, 5.74) is -0.0646. The van der Waals surface area contributed by atoms with Crippen LogP contribution in [0.5, 0.6) is 5.75 Å². The number of hydrogen-bond donors (Lipinski definition) is 2. The largest absolute Gasteiger partial charge is 0.505 e. The highest BCUT2D eigenvalue weighted by molar-refractivity contribution is 6.04. The van der Waals surface area contributed by atoms with Crippen molar-refractivity contribution in [2.75, 3.05) is 0 Å². The molecule has 2 aromatic rings. The lowest BCUT2D eigenvalue weighted by molar-refractivity contribution is 0.0696. The van der Waals surface area contributed by atoms with Crippen molar-refractivity contribution in [3.63, 3.8) is 0 Å². The smallest absolute Gasteiger partial charge is 0.340 e. The van der Waals surface area contributed by atoms with Crippen LogP contribution in [0.3, 0.4) is 0 Å². The number of aromatic hydroxyl groups is 1. The minimum Gasteiger partial charge on any atom is -0.505 e. The van der Waals surface area contributed by atoms with Gasteiger partial charge >= 0.3 is 5.97 Å². The Morgan fingerprint density at radius 2 is 2.13 bits per heavy atom. The summed E-state index contributed by atoms with van der Waals surface area (Å²) in [7, 11) is 0. The van der Waals surface area contributed by atoms with E-state index in [2.05, 4.69) is 4.98 Å². The molecule has 4 nitrogen and oxygen atoms in total. The molecule has 76 valence electrons. The van der Waals surface area contributed by atoms with E-state index in [9.17, 15) is 14.3 Å². The Labute approximate surface area is 83.6 Å². The van der Waals surface area contributed by atoms with Crippen molar-refractivity contribution in [2.24, 2.45) is 0 Å². The van der Waals surface area contributed by atoms with E-state index in [1.165, 1.54) is 6.07 Å². The molecule has 0 aliphatic heterocycles. The van der Waals surface area contributed by atoms with Gasteiger partial charge in [0.15, 0.2) is 0 Å². The summed E-state index contributed by atoms with van der Waals surface area (Å²) in [4.78, 5) is 14.6. The van der Waals surface area contributed by atoms with Gasteiger partial charge in [-0.1, -0.05) is 0 Å². The summed E-state index contributed by atoms with van der Waals surface area (Å²) in [5, 5.41) is 18.4. The number of hydrogen-bond acceptors (Lipinski definition) is 3. The molecule has 15 heavy (non-hydrogen) atoms. The fourth-order valence-electron chi connectivity index (χ4n) is 1.38. The number of carboxylic acids is 1. The minimum atomic E-state index is -1.27. The normalized spacial score (nSPS) is 10.5. The summed E-state index contributed by atoms with van der Waals surface area (Å²) in [5.74, 6) is -2.20. The van der Waals surface area contributed by atoms with Crippen molar-refractivity contribution in [1.29, 1.82) is 0 Å². The zero-order chi connectivity index (χ0) is 11.0. The number of fused-ring (bicyclic) bond motifs is 1. The van der Waals surface area contributed by atoms with Crippen molar-refractivity contribution in [3.8, 4) is 5.75 Å². The molecule has 2 rings (SSSR count). The SMILES string of the molecule is O=C(O)c1c(O)cnc2cc(F)ccc12. The first-order valence-corrected chi connectivity index (χ1v) is 4.10. The summed E-state index contributed by atoms with van der Waals surface area (Å²) >= 11 is 0. The van der Waals surface area contributed by atoms with E-state index in [0.717, 1.165) is 18.3 Å². The first kappa shape index (κ1) is 9.39. The van der Waals surface area contributed by atoms with Crippen molar-refractivity contribution in [3.05, 3.63) is 35.8 Å². The van der Waals surface area contributed by atoms with Gasteiger partial charge < -0.3 is 10.2 Å². The van der Waals surface area contributed by atoms with E-state index in [0.29, 0.717) is 0 Å². The number of pyridine rings is 1. The van der Waals surface area contributed by atoms with Gasteiger partial charge in [-0.05, 0) is 12.1 Å². The second-order valence-electron chi connectivity index (χ2n) is 2.99. The number of nitrogens with zero attached hydrogens (tertiary/aromatic N) is 1. The Hall–Kier alpha value is -2.17. The van der Waals surface area contributed by atoms with Crippen LogP contribution >= 0.6 is 0 Å². The van der Waals surface area contributed by atoms with Crippen molar-refractivity contribution < 1.29 is 19.4 Å². The van der Waals surface area contributed by atoms with Crippen LogP contribution in [0.1, 0.15) is 10.4 Å². The zero-order valence-electron chi connectivity index (χ0n) is 7.44. The van der Waals surface area contributed by atoms with Gasteiger partial charge in [0.05, 0.1) is 11.7 Å². The molecule has 0 bridgehead atoms. The number of halogens is 1. The van der Waals surface area contributed by atoms with E-state index in [1.807, 2.05) is 0 Å². The average Bonchev–Trinajstić information content (AvgIpc) is 2.17. The third kappa shape index (κ3) is 1.48. The van der Waals surface area contributed by atoms with Crippen LogP contribution < -0.4 is 0 Å². The second kappa shape index (κ2) is 3.20. The van der Waals surface area contributed by atoms with Gasteiger partial charge in [0.25, 0.3) is 0 Å². The third-order valence-electron chi connectivity index (χ3n) is 2.03. The summed E-state index contributed by atoms with van der Waals surface area (Å²) in [6.07, 6.45) is 0.991. The molecule has 1 heterocycles. The van der Waals surface area contributed by atoms with Crippen molar-refractivity contribution in [1.82, 2.24) is 4.98 Å². The standard InChI is InChI=1S/C10H6FNO3/c11-5-1-2-6-7(3-5)12-4-8(13)9(6)10(14)15/h1-4,13H,(H,14,15). The van der Waals surface area contributed by atoms with Crippen LogP contribution in [0.2, 0.25) is 0 Å². The van der Waals surface area contributed by atoms with Crippen molar-refractivity contribution in [2.45, 2.75) is 0 Å². The lowest BCUT2D eigenvalue weighted by Crippen LogP contribution is -1.99. The Bertz CT molecular complexity index is 554. The number of rotatable bonds is 1. The van der Waals surface area contributed by atoms with Gasteiger partial charge in [0, 0.05) is 11.5 Å². The molecular formula is C10H6FNO3. The predicted molar refractivity (Wildman–Crippen MR) is 50.3 cm³/mol. The molecule has 0 spiro atoms. The maximum Gasteiger partial charge on any atom is 0.340 e. The van der Waals surface area contributed by atoms with Crippen LogP contribution in [0.25, 0.3) is 10.9 Å². The van der Waals surface area contributed by atoms with Gasteiger partial charge in [-0.2, -0.15) is 0 Å². The van der Waals surface area contributed by atoms with Gasteiger partial charge in [-0.25, -0.2) is 9.18 Å². The van der Waals surface area contributed by atoms with Crippen LogP contribution in [0.4, 0.5) is 4.39 Å². The lowest BCUT2D eigenvalue weighted by Gasteiger charge is -2.03. The van der Waals surface area contributed by atoms with Gasteiger partial charge in [-0.15, -0.1) is 0 Å². The number of carbonyl (C=O) groups is 1. The van der Waals surface area contributed by atoms with Crippen LogP contribution in [0, 0.1) is 5.82 Å². The van der Waals surface area contributed by atoms with Gasteiger partial charge in [0.1, 0.15) is 17.1 Å². The fourth-order valence-corrected chi connectivity index (χ4v) is 1.38. The number of carboxylic acid groups (broad SMARTS) is 1. The highest BCUT2D eigenvalue weighted by Gasteiger charge is 2.14. The molecule has 0 aliphatic carbocycles. The number of benzene rings is 1. The minimum absolute atomic E-state index is 0.199. The molecule has 0 atom stereocenters. The van der Waals surface area contributed by atoms with Crippen molar-refractivity contribution >= 4 is 16.9 Å². The van der Waals surface area contributed by atoms with Gasteiger partial charge in [-0.3, -0.25) is 4.98 Å². The highest BCUT2D eigenvalue weighted by atomic mass is 19.1. The van der Waals surface area contributed by atoms with Gasteiger partial charge in [0.2, 0.25) is 0 Å². The Kier molecular flexibility index (Phi) is 2.00. The molecule has 0 unspecified atom stereocenters. The molecule has 1 aromatic carbocycles. The maximum absolute atomic E-state index is 12.8. The fraction of sp³-hybridized carbons (Fsp3) is 0. The molecule has 0 radical (unpaired) electrons. The molecular weight excluding hydrogens is 201 g/mol. The molecule has 0 amide bonds. The summed E-state index contributed by atoms with van der Waals surface area (Å²) in [6, 6.07) is 3.51. The average molecular weight is 207 g/mol. The summed E-state index contributed by atoms with van der Waals surface area (Å²) in [6.45, 7) is 0. The van der Waals surface area contributed by atoms with Crippen LogP contribution in [-0.2, 0) is 0 Å². The van der Waals surface area contributed by atoms with E-state index in [4.69, 9.17) is 5.11 Å². The highest BCUT2D eigenvalue weighted by Crippen LogP contribution is 2.25. The number of aromatic carboxylic acids is 1. The molecule has 0 saturated carbocycles. The zero-order valence-corrected chi connectivity index (χ0v) is 7.44. The predicted octanol–water partition coefficient (Wildman–Crippen LogP) is 1.78. The monoisotopic (exact) mass is 207 g/mol. The van der Waals surface area contributed by atoms with E-state index in [1.54, 1.807) is 0 Å². The van der Waals surface area contributed by atoms with E-state index in [-0.39, 0.29) is 16.5 Å². The van der Waals surface area contributed by atoms with Crippen LogP contribution in [0.15, 0.2) is 24.4 Å². The Morgan fingerprint density at radius 3 is 2.80 bits per heavy atom. The number of aromatic nitrogens is 1. The molecule has 5 heteroatoms. The Morgan fingerprint density at radius 1 is 1.40 bits per heavy atom. The Balaban J connectivity index is 2.88. The first-order valence-electron chi connectivity index (χ1n) is 4.10. The molecule has 2 N–H and O–H groups in total. The first-order chi connectivity index (χ1) is 7.09. The molecule has 0 fully saturated rings. The molecule has 0 saturated heterocycles. The topological polar surface area (TPSA) is 70.4 Å². The molecule has 1 aromatic heterocycles.